The molecule has 1 N–H and O–H groups in total. The number of amides is 1. The van der Waals surface area contributed by atoms with Crippen molar-refractivity contribution in [3.63, 3.8) is 0 Å². The van der Waals surface area contributed by atoms with Crippen molar-refractivity contribution in [2.45, 2.75) is 12.6 Å². The van der Waals surface area contributed by atoms with Crippen LogP contribution in [0, 0.1) is 0 Å². The van der Waals surface area contributed by atoms with Gasteiger partial charge in [-0.1, -0.05) is 91.0 Å². The third-order valence-electron chi connectivity index (χ3n) is 4.46. The minimum Gasteiger partial charge on any atom is -0.466 e. The number of rotatable bonds is 7. The Labute approximate surface area is 176 Å². The summed E-state index contributed by atoms with van der Waals surface area (Å²) >= 11 is 0. The molecule has 0 aliphatic carbocycles. The third-order valence-corrected chi connectivity index (χ3v) is 4.46. The van der Waals surface area contributed by atoms with Gasteiger partial charge in [0.2, 0.25) is 0 Å². The number of carbonyl (C=O) groups is 2. The van der Waals surface area contributed by atoms with Crippen LogP contribution in [-0.4, -0.2) is 19.2 Å². The molecule has 0 aromatic heterocycles. The molecule has 3 aromatic carbocycles. The van der Waals surface area contributed by atoms with E-state index in [1.54, 1.807) is 6.08 Å². The molecule has 1 atom stereocenters. The average molecular weight is 401 g/mol. The zero-order valence-electron chi connectivity index (χ0n) is 16.7. The highest BCUT2D eigenvalue weighted by atomic mass is 16.5. The Morgan fingerprint density at radius 2 is 1.43 bits per heavy atom. The Kier molecular flexibility index (Phi) is 7.39. The number of hydrogen-bond acceptors (Lipinski definition) is 4. The first kappa shape index (κ1) is 20.9. The second-order valence-electron chi connectivity index (χ2n) is 6.55. The molecule has 0 fully saturated rings. The second kappa shape index (κ2) is 10.6. The standard InChI is InChI=1S/C25H23NO4/c1-29-24(27)22(17-19-11-5-2-6-12-19)23(21-15-9-4-10-16-21)26-25(28)30-18-20-13-7-3-8-14-20/h2-17,23H,18H2,1H3,(H,26,28)/b22-17-/t23-/m0/s1. The van der Waals surface area contributed by atoms with Crippen LogP contribution in [0.15, 0.2) is 96.6 Å². The van der Waals surface area contributed by atoms with E-state index >= 15 is 0 Å². The number of hydrogen-bond donors (Lipinski definition) is 1. The lowest BCUT2D eigenvalue weighted by atomic mass is 9.96. The van der Waals surface area contributed by atoms with Crippen molar-refractivity contribution in [1.29, 1.82) is 0 Å². The van der Waals surface area contributed by atoms with Crippen LogP contribution < -0.4 is 5.32 Å². The largest absolute Gasteiger partial charge is 0.466 e. The Hall–Kier alpha value is -3.86. The molecule has 0 aliphatic rings. The summed E-state index contributed by atoms with van der Waals surface area (Å²) < 4.78 is 10.4. The summed E-state index contributed by atoms with van der Waals surface area (Å²) in [7, 11) is 1.32. The summed E-state index contributed by atoms with van der Waals surface area (Å²) in [5.74, 6) is -0.531. The lowest BCUT2D eigenvalue weighted by Crippen LogP contribution is -2.32. The summed E-state index contributed by atoms with van der Waals surface area (Å²) in [6, 6.07) is 27.3. The topological polar surface area (TPSA) is 64.6 Å². The Morgan fingerprint density at radius 3 is 2.03 bits per heavy atom. The fourth-order valence-electron chi connectivity index (χ4n) is 2.98. The minimum atomic E-state index is -0.734. The second-order valence-corrected chi connectivity index (χ2v) is 6.55. The van der Waals surface area contributed by atoms with Gasteiger partial charge in [0, 0.05) is 0 Å². The monoisotopic (exact) mass is 401 g/mol. The number of ether oxygens (including phenoxy) is 2. The number of nitrogens with one attached hydrogen (secondary N) is 1. The molecule has 0 radical (unpaired) electrons. The third kappa shape index (κ3) is 5.82. The fourth-order valence-corrected chi connectivity index (χ4v) is 2.98. The van der Waals surface area contributed by atoms with Gasteiger partial charge in [0.1, 0.15) is 6.61 Å². The van der Waals surface area contributed by atoms with Crippen molar-refractivity contribution in [1.82, 2.24) is 5.32 Å². The van der Waals surface area contributed by atoms with Crippen molar-refractivity contribution < 1.29 is 19.1 Å². The van der Waals surface area contributed by atoms with Crippen molar-refractivity contribution in [2.24, 2.45) is 0 Å². The lowest BCUT2D eigenvalue weighted by Gasteiger charge is -2.21. The van der Waals surface area contributed by atoms with Gasteiger partial charge in [0.25, 0.3) is 0 Å². The van der Waals surface area contributed by atoms with E-state index < -0.39 is 18.1 Å². The molecule has 30 heavy (non-hydrogen) atoms. The van der Waals surface area contributed by atoms with E-state index in [1.165, 1.54) is 7.11 Å². The molecular weight excluding hydrogens is 378 g/mol. The summed E-state index contributed by atoms with van der Waals surface area (Å²) in [5, 5.41) is 2.81. The highest BCUT2D eigenvalue weighted by molar-refractivity contribution is 5.96. The molecule has 5 nitrogen and oxygen atoms in total. The maximum atomic E-state index is 12.6. The molecule has 0 saturated carbocycles. The van der Waals surface area contributed by atoms with E-state index in [9.17, 15) is 9.59 Å². The molecule has 0 unspecified atom stereocenters. The Balaban J connectivity index is 1.87. The number of carbonyl (C=O) groups excluding carboxylic acids is 2. The fraction of sp³-hybridized carbons (Fsp3) is 0.120. The number of methoxy groups -OCH3 is 1. The normalized spacial score (nSPS) is 12.0. The van der Waals surface area contributed by atoms with E-state index in [4.69, 9.17) is 9.47 Å². The predicted octanol–water partition coefficient (Wildman–Crippen LogP) is 4.91. The van der Waals surface area contributed by atoms with Crippen molar-refractivity contribution >= 4 is 18.1 Å². The van der Waals surface area contributed by atoms with Gasteiger partial charge in [-0.3, -0.25) is 0 Å². The van der Waals surface area contributed by atoms with Gasteiger partial charge in [-0.15, -0.1) is 0 Å². The van der Waals surface area contributed by atoms with E-state index in [-0.39, 0.29) is 6.61 Å². The molecule has 0 bridgehead atoms. The molecule has 3 rings (SSSR count). The van der Waals surface area contributed by atoms with Gasteiger partial charge in [-0.05, 0) is 22.8 Å². The Bertz CT molecular complexity index is 985. The van der Waals surface area contributed by atoms with Gasteiger partial charge in [-0.25, -0.2) is 9.59 Å². The van der Waals surface area contributed by atoms with Crippen LogP contribution in [0.25, 0.3) is 6.08 Å². The zero-order chi connectivity index (χ0) is 21.2. The molecule has 3 aromatic rings. The van der Waals surface area contributed by atoms with Crippen LogP contribution in [0.2, 0.25) is 0 Å². The number of esters is 1. The molecule has 152 valence electrons. The number of benzene rings is 3. The maximum Gasteiger partial charge on any atom is 0.408 e. The van der Waals surface area contributed by atoms with Gasteiger partial charge in [-0.2, -0.15) is 0 Å². The molecule has 0 spiro atoms. The van der Waals surface area contributed by atoms with Crippen LogP contribution in [0.4, 0.5) is 4.79 Å². The zero-order valence-corrected chi connectivity index (χ0v) is 16.7. The molecule has 1 amide bonds. The molecule has 0 aliphatic heterocycles. The lowest BCUT2D eigenvalue weighted by molar-refractivity contribution is -0.136. The van der Waals surface area contributed by atoms with Gasteiger partial charge < -0.3 is 14.8 Å². The van der Waals surface area contributed by atoms with Crippen LogP contribution >= 0.6 is 0 Å². The predicted molar refractivity (Wildman–Crippen MR) is 115 cm³/mol. The van der Waals surface area contributed by atoms with Crippen LogP contribution in [0.1, 0.15) is 22.7 Å². The van der Waals surface area contributed by atoms with Crippen LogP contribution in [0.3, 0.4) is 0 Å². The summed E-state index contributed by atoms with van der Waals surface area (Å²) in [6.45, 7) is 0.129. The van der Waals surface area contributed by atoms with E-state index in [2.05, 4.69) is 5.32 Å². The summed E-state index contributed by atoms with van der Waals surface area (Å²) in [4.78, 5) is 25.2. The van der Waals surface area contributed by atoms with Crippen molar-refractivity contribution in [3.05, 3.63) is 113 Å². The highest BCUT2D eigenvalue weighted by Gasteiger charge is 2.26. The summed E-state index contributed by atoms with van der Waals surface area (Å²) in [6.07, 6.45) is 1.08. The minimum absolute atomic E-state index is 0.129. The van der Waals surface area contributed by atoms with Crippen molar-refractivity contribution in [3.8, 4) is 0 Å². The van der Waals surface area contributed by atoms with Crippen molar-refractivity contribution in [2.75, 3.05) is 7.11 Å². The first-order valence-corrected chi connectivity index (χ1v) is 9.54. The van der Waals surface area contributed by atoms with E-state index in [0.717, 1.165) is 16.7 Å². The van der Waals surface area contributed by atoms with E-state index in [0.29, 0.717) is 5.57 Å². The van der Waals surface area contributed by atoms with Crippen LogP contribution in [0.5, 0.6) is 0 Å². The van der Waals surface area contributed by atoms with Gasteiger partial charge in [0.15, 0.2) is 0 Å². The average Bonchev–Trinajstić information content (AvgIpc) is 2.81. The van der Waals surface area contributed by atoms with Gasteiger partial charge in [0.05, 0.1) is 18.7 Å². The van der Waals surface area contributed by atoms with Gasteiger partial charge >= 0.3 is 12.1 Å². The molecular formula is C25H23NO4. The molecule has 0 heterocycles. The van der Waals surface area contributed by atoms with E-state index in [1.807, 2.05) is 91.0 Å². The number of alkyl carbamates (subject to hydrolysis) is 1. The van der Waals surface area contributed by atoms with Crippen LogP contribution in [-0.2, 0) is 20.9 Å². The molecule has 5 heteroatoms. The first-order valence-electron chi connectivity index (χ1n) is 9.54. The summed E-state index contributed by atoms with van der Waals surface area (Å²) in [5.41, 5.74) is 2.73. The SMILES string of the molecule is COC(=O)/C(=C\c1ccccc1)[C@@H](NC(=O)OCc1ccccc1)c1ccccc1. The molecule has 0 saturated heterocycles. The maximum absolute atomic E-state index is 12.6. The Morgan fingerprint density at radius 1 is 0.867 bits per heavy atom. The smallest absolute Gasteiger partial charge is 0.408 e. The highest BCUT2D eigenvalue weighted by Crippen LogP contribution is 2.25. The quantitative estimate of drug-likeness (QED) is 0.451. The first-order chi connectivity index (χ1) is 14.7.